The minimum atomic E-state index is 0.0491. The summed E-state index contributed by atoms with van der Waals surface area (Å²) >= 11 is 1.51. The van der Waals surface area contributed by atoms with Crippen LogP contribution in [-0.2, 0) is 0 Å². The highest BCUT2D eigenvalue weighted by Gasteiger charge is 2.25. The monoisotopic (exact) mass is 300 g/mol. The quantitative estimate of drug-likeness (QED) is 0.938. The van der Waals surface area contributed by atoms with Crippen LogP contribution in [0.3, 0.4) is 0 Å². The van der Waals surface area contributed by atoms with Gasteiger partial charge in [-0.15, -0.1) is 11.3 Å². The first kappa shape index (κ1) is 14.1. The van der Waals surface area contributed by atoms with E-state index in [9.17, 15) is 4.79 Å². The van der Waals surface area contributed by atoms with Crippen LogP contribution < -0.4 is 10.2 Å². The number of nitrogens with zero attached hydrogens (tertiary/aromatic N) is 1. The Morgan fingerprint density at radius 2 is 2.19 bits per heavy atom. The highest BCUT2D eigenvalue weighted by atomic mass is 32.1. The summed E-state index contributed by atoms with van der Waals surface area (Å²) < 4.78 is 0. The number of carbonyl (C=O) groups is 1. The van der Waals surface area contributed by atoms with Crippen molar-refractivity contribution < 1.29 is 4.79 Å². The molecule has 1 aliphatic rings. The van der Waals surface area contributed by atoms with E-state index in [0.717, 1.165) is 23.4 Å². The highest BCUT2D eigenvalue weighted by molar-refractivity contribution is 7.12. The molecule has 1 saturated heterocycles. The summed E-state index contributed by atoms with van der Waals surface area (Å²) in [7, 11) is 0. The zero-order valence-corrected chi connectivity index (χ0v) is 13.0. The first-order valence-corrected chi connectivity index (χ1v) is 8.27. The van der Waals surface area contributed by atoms with Crippen molar-refractivity contribution in [1.29, 1.82) is 0 Å². The zero-order chi connectivity index (χ0) is 14.7. The fraction of sp³-hybridized carbons (Fsp3) is 0.353. The molecule has 1 atom stereocenters. The summed E-state index contributed by atoms with van der Waals surface area (Å²) in [5, 5.41) is 5.10. The van der Waals surface area contributed by atoms with Crippen LogP contribution in [-0.4, -0.2) is 25.0 Å². The number of hydrogen-bond donors (Lipinski definition) is 1. The van der Waals surface area contributed by atoms with Gasteiger partial charge < -0.3 is 10.2 Å². The van der Waals surface area contributed by atoms with Crippen LogP contribution in [0.15, 0.2) is 41.8 Å². The second-order valence-corrected chi connectivity index (χ2v) is 6.43. The van der Waals surface area contributed by atoms with E-state index in [1.807, 2.05) is 24.4 Å². The third-order valence-electron chi connectivity index (χ3n) is 3.92. The number of hydrogen-bond acceptors (Lipinski definition) is 3. The van der Waals surface area contributed by atoms with Crippen molar-refractivity contribution in [2.45, 2.75) is 25.8 Å². The predicted molar refractivity (Wildman–Crippen MR) is 88.2 cm³/mol. The molecule has 1 unspecified atom stereocenters. The Balaban J connectivity index is 1.61. The lowest BCUT2D eigenvalue weighted by Gasteiger charge is -2.27. The van der Waals surface area contributed by atoms with Crippen LogP contribution >= 0.6 is 11.3 Å². The first-order chi connectivity index (χ1) is 10.2. The van der Waals surface area contributed by atoms with E-state index in [2.05, 4.69) is 34.5 Å². The normalized spacial score (nSPS) is 18.0. The summed E-state index contributed by atoms with van der Waals surface area (Å²) in [6, 6.07) is 12.8. The van der Waals surface area contributed by atoms with Gasteiger partial charge >= 0.3 is 0 Å². The van der Waals surface area contributed by atoms with E-state index in [4.69, 9.17) is 0 Å². The summed E-state index contributed by atoms with van der Waals surface area (Å²) in [5.74, 6) is 0.0491. The molecule has 0 radical (unpaired) electrons. The van der Waals surface area contributed by atoms with E-state index < -0.39 is 0 Å². The number of thiophene rings is 1. The average Bonchev–Trinajstić information content (AvgIpc) is 3.14. The van der Waals surface area contributed by atoms with Gasteiger partial charge in [0.1, 0.15) is 0 Å². The maximum absolute atomic E-state index is 12.1. The van der Waals surface area contributed by atoms with Crippen molar-refractivity contribution in [2.24, 2.45) is 0 Å². The van der Waals surface area contributed by atoms with Crippen LogP contribution in [0.25, 0.3) is 0 Å². The number of para-hydroxylation sites is 1. The van der Waals surface area contributed by atoms with E-state index in [1.165, 1.54) is 23.4 Å². The van der Waals surface area contributed by atoms with Gasteiger partial charge in [0.25, 0.3) is 5.91 Å². The Kier molecular flexibility index (Phi) is 4.25. The van der Waals surface area contributed by atoms with Crippen molar-refractivity contribution >= 4 is 22.9 Å². The molecule has 1 aliphatic heterocycles. The van der Waals surface area contributed by atoms with Gasteiger partial charge in [-0.2, -0.15) is 0 Å². The molecule has 3 rings (SSSR count). The fourth-order valence-corrected chi connectivity index (χ4v) is 3.67. The number of amides is 1. The van der Waals surface area contributed by atoms with Crippen LogP contribution in [0.5, 0.6) is 0 Å². The molecule has 2 heterocycles. The van der Waals surface area contributed by atoms with E-state index in [1.54, 1.807) is 0 Å². The maximum Gasteiger partial charge on any atom is 0.261 e. The standard InChI is InChI=1S/C17H20N2OS/c1-13-10-16(21-12-13)17(20)18-11-15-8-5-9-19(15)14-6-3-2-4-7-14/h2-4,6-7,10,12,15H,5,8-9,11H2,1H3,(H,18,20). The fourth-order valence-electron chi connectivity index (χ4n) is 2.86. The molecule has 21 heavy (non-hydrogen) atoms. The highest BCUT2D eigenvalue weighted by Crippen LogP contribution is 2.24. The lowest BCUT2D eigenvalue weighted by Crippen LogP contribution is -2.40. The molecule has 1 amide bonds. The number of anilines is 1. The average molecular weight is 300 g/mol. The van der Waals surface area contributed by atoms with Crippen LogP contribution in [0, 0.1) is 6.92 Å². The molecular weight excluding hydrogens is 280 g/mol. The summed E-state index contributed by atoms with van der Waals surface area (Å²) in [6.07, 6.45) is 2.33. The molecule has 4 heteroatoms. The number of nitrogens with one attached hydrogen (secondary N) is 1. The van der Waals surface area contributed by atoms with Gasteiger partial charge in [0.05, 0.1) is 4.88 Å². The maximum atomic E-state index is 12.1. The third kappa shape index (κ3) is 3.27. The Hall–Kier alpha value is -1.81. The molecule has 1 N–H and O–H groups in total. The minimum absolute atomic E-state index is 0.0491. The third-order valence-corrected chi connectivity index (χ3v) is 4.96. The van der Waals surface area contributed by atoms with Crippen molar-refractivity contribution in [3.8, 4) is 0 Å². The molecular formula is C17H20N2OS. The predicted octanol–water partition coefficient (Wildman–Crippen LogP) is 3.46. The van der Waals surface area contributed by atoms with Crippen molar-refractivity contribution in [2.75, 3.05) is 18.0 Å². The summed E-state index contributed by atoms with van der Waals surface area (Å²) in [6.45, 7) is 3.80. The van der Waals surface area contributed by atoms with Crippen LogP contribution in [0.4, 0.5) is 5.69 Å². The van der Waals surface area contributed by atoms with Crippen molar-refractivity contribution in [3.63, 3.8) is 0 Å². The lowest BCUT2D eigenvalue weighted by atomic mass is 10.2. The largest absolute Gasteiger partial charge is 0.367 e. The van der Waals surface area contributed by atoms with Gasteiger partial charge in [0.2, 0.25) is 0 Å². The van der Waals surface area contributed by atoms with Gasteiger partial charge in [-0.25, -0.2) is 0 Å². The van der Waals surface area contributed by atoms with E-state index >= 15 is 0 Å². The van der Waals surface area contributed by atoms with E-state index in [0.29, 0.717) is 12.6 Å². The van der Waals surface area contributed by atoms with Crippen molar-refractivity contribution in [1.82, 2.24) is 5.32 Å². The van der Waals surface area contributed by atoms with Gasteiger partial charge in [-0.05, 0) is 48.9 Å². The zero-order valence-electron chi connectivity index (χ0n) is 12.2. The SMILES string of the molecule is Cc1csc(C(=O)NCC2CCCN2c2ccccc2)c1. The second kappa shape index (κ2) is 6.31. The molecule has 1 aromatic carbocycles. The van der Waals surface area contributed by atoms with Crippen molar-refractivity contribution in [3.05, 3.63) is 52.2 Å². The molecule has 3 nitrogen and oxygen atoms in total. The van der Waals surface area contributed by atoms with Gasteiger partial charge in [-0.1, -0.05) is 18.2 Å². The number of rotatable bonds is 4. The van der Waals surface area contributed by atoms with Gasteiger partial charge in [-0.3, -0.25) is 4.79 Å². The summed E-state index contributed by atoms with van der Waals surface area (Å²) in [4.78, 5) is 15.3. The molecule has 0 spiro atoms. The molecule has 0 bridgehead atoms. The molecule has 1 fully saturated rings. The second-order valence-electron chi connectivity index (χ2n) is 5.52. The topological polar surface area (TPSA) is 32.3 Å². The Morgan fingerprint density at radius 1 is 1.38 bits per heavy atom. The minimum Gasteiger partial charge on any atom is -0.367 e. The van der Waals surface area contributed by atoms with Crippen LogP contribution in [0.2, 0.25) is 0 Å². The van der Waals surface area contributed by atoms with Gasteiger partial charge in [0.15, 0.2) is 0 Å². The smallest absolute Gasteiger partial charge is 0.261 e. The van der Waals surface area contributed by atoms with Crippen LogP contribution in [0.1, 0.15) is 28.1 Å². The Morgan fingerprint density at radius 3 is 2.90 bits per heavy atom. The van der Waals surface area contributed by atoms with E-state index in [-0.39, 0.29) is 5.91 Å². The molecule has 0 saturated carbocycles. The number of carbonyl (C=O) groups excluding carboxylic acids is 1. The molecule has 0 aliphatic carbocycles. The first-order valence-electron chi connectivity index (χ1n) is 7.39. The lowest BCUT2D eigenvalue weighted by molar-refractivity contribution is 0.0955. The van der Waals surface area contributed by atoms with Gasteiger partial charge in [0, 0.05) is 24.8 Å². The molecule has 110 valence electrons. The number of benzene rings is 1. The molecule has 2 aromatic rings. The Bertz CT molecular complexity index is 608. The number of aryl methyl sites for hydroxylation is 1. The Labute approximate surface area is 129 Å². The molecule has 1 aromatic heterocycles. The summed E-state index contributed by atoms with van der Waals surface area (Å²) in [5.41, 5.74) is 2.40.